The summed E-state index contributed by atoms with van der Waals surface area (Å²) in [7, 11) is 1.34. The number of fused-ring (bicyclic) bond motifs is 4. The Kier molecular flexibility index (Phi) is 6.16. The van der Waals surface area contributed by atoms with Crippen molar-refractivity contribution < 1.29 is 19.1 Å². The second-order valence-electron chi connectivity index (χ2n) is 9.74. The first kappa shape index (κ1) is 24.2. The summed E-state index contributed by atoms with van der Waals surface area (Å²) < 4.78 is 4.84. The number of esters is 1. The number of halogens is 1. The topological polar surface area (TPSA) is 82.7 Å². The van der Waals surface area contributed by atoms with Crippen LogP contribution >= 0.6 is 11.6 Å². The van der Waals surface area contributed by atoms with Gasteiger partial charge in [-0.1, -0.05) is 54.1 Å². The molecule has 3 aromatic carbocycles. The molecule has 2 aliphatic rings. The molecule has 192 valence electrons. The minimum absolute atomic E-state index is 0.0230. The molecule has 1 saturated heterocycles. The molecule has 4 aromatic rings. The summed E-state index contributed by atoms with van der Waals surface area (Å²) in [6.45, 7) is 0.477. The number of piperazine rings is 1. The molecule has 0 bridgehead atoms. The molecule has 2 atom stereocenters. The van der Waals surface area contributed by atoms with Crippen LogP contribution < -0.4 is 0 Å². The number of methoxy groups -OCH3 is 1. The highest BCUT2D eigenvalue weighted by molar-refractivity contribution is 6.30. The Balaban J connectivity index is 1.37. The van der Waals surface area contributed by atoms with Gasteiger partial charge in [0.25, 0.3) is 0 Å². The maximum absolute atomic E-state index is 13.8. The van der Waals surface area contributed by atoms with E-state index in [4.69, 9.17) is 16.3 Å². The Hall–Kier alpha value is -4.10. The molecule has 0 aliphatic carbocycles. The van der Waals surface area contributed by atoms with Gasteiger partial charge in [-0.05, 0) is 53.4 Å². The van der Waals surface area contributed by atoms with Crippen LogP contribution in [-0.4, -0.2) is 58.8 Å². The lowest BCUT2D eigenvalue weighted by Gasteiger charge is -2.47. The van der Waals surface area contributed by atoms with E-state index in [0.717, 1.165) is 33.3 Å². The zero-order valence-electron chi connectivity index (χ0n) is 20.8. The second kappa shape index (κ2) is 9.65. The Labute approximate surface area is 224 Å². The highest BCUT2D eigenvalue weighted by atomic mass is 35.5. The fourth-order valence-corrected chi connectivity index (χ4v) is 5.82. The van der Waals surface area contributed by atoms with Crippen LogP contribution in [0.1, 0.15) is 38.8 Å². The lowest BCUT2D eigenvalue weighted by atomic mass is 9.86. The van der Waals surface area contributed by atoms with Crippen molar-refractivity contribution >= 4 is 40.3 Å². The van der Waals surface area contributed by atoms with E-state index in [1.807, 2.05) is 60.7 Å². The van der Waals surface area contributed by atoms with Gasteiger partial charge in [-0.2, -0.15) is 0 Å². The first-order chi connectivity index (χ1) is 18.4. The predicted molar refractivity (Wildman–Crippen MR) is 144 cm³/mol. The largest absolute Gasteiger partial charge is 0.465 e. The average molecular weight is 528 g/mol. The number of hydrogen-bond acceptors (Lipinski definition) is 4. The van der Waals surface area contributed by atoms with Crippen LogP contribution in [0.15, 0.2) is 72.8 Å². The van der Waals surface area contributed by atoms with Gasteiger partial charge >= 0.3 is 5.97 Å². The van der Waals surface area contributed by atoms with Crippen LogP contribution in [0, 0.1) is 0 Å². The number of aromatic amines is 1. The van der Waals surface area contributed by atoms with E-state index in [2.05, 4.69) is 4.98 Å². The van der Waals surface area contributed by atoms with Gasteiger partial charge in [-0.15, -0.1) is 0 Å². The van der Waals surface area contributed by atoms with Gasteiger partial charge in [-0.3, -0.25) is 9.59 Å². The van der Waals surface area contributed by atoms with Crippen LogP contribution in [-0.2, 0) is 27.2 Å². The molecular weight excluding hydrogens is 502 g/mol. The Morgan fingerprint density at radius 1 is 1.03 bits per heavy atom. The number of amides is 2. The van der Waals surface area contributed by atoms with E-state index in [9.17, 15) is 14.4 Å². The summed E-state index contributed by atoms with van der Waals surface area (Å²) >= 11 is 6.01. The van der Waals surface area contributed by atoms with Crippen LogP contribution in [0.4, 0.5) is 0 Å². The van der Waals surface area contributed by atoms with Crippen molar-refractivity contribution in [1.29, 1.82) is 0 Å². The number of rotatable bonds is 5. The first-order valence-electron chi connectivity index (χ1n) is 12.6. The summed E-state index contributed by atoms with van der Waals surface area (Å²) in [5.41, 5.74) is 5.23. The maximum Gasteiger partial charge on any atom is 0.337 e. The maximum atomic E-state index is 13.8. The van der Waals surface area contributed by atoms with E-state index in [1.165, 1.54) is 7.11 Å². The molecular formula is C30H26ClN3O4. The van der Waals surface area contributed by atoms with Gasteiger partial charge in [0.1, 0.15) is 6.04 Å². The molecule has 3 heterocycles. The van der Waals surface area contributed by atoms with Gasteiger partial charge in [0.2, 0.25) is 11.8 Å². The number of carbonyl (C=O) groups excluding carboxylic acids is 3. The van der Waals surface area contributed by atoms with E-state index in [0.29, 0.717) is 30.0 Å². The van der Waals surface area contributed by atoms with Crippen molar-refractivity contribution in [2.24, 2.45) is 0 Å². The molecule has 0 radical (unpaired) electrons. The third-order valence-corrected chi connectivity index (χ3v) is 7.83. The predicted octanol–water partition coefficient (Wildman–Crippen LogP) is 4.54. The lowest BCUT2D eigenvalue weighted by Crippen LogP contribution is -2.63. The molecule has 0 saturated carbocycles. The van der Waals surface area contributed by atoms with Crippen LogP contribution in [0.25, 0.3) is 10.9 Å². The van der Waals surface area contributed by atoms with Crippen molar-refractivity contribution in [2.75, 3.05) is 20.2 Å². The van der Waals surface area contributed by atoms with E-state index < -0.39 is 18.1 Å². The lowest BCUT2D eigenvalue weighted by molar-refractivity contribution is -0.158. The second-order valence-corrected chi connectivity index (χ2v) is 10.2. The fourth-order valence-electron chi connectivity index (χ4n) is 5.69. The van der Waals surface area contributed by atoms with Crippen molar-refractivity contribution in [2.45, 2.75) is 24.9 Å². The minimum atomic E-state index is -0.613. The first-order valence-corrected chi connectivity index (χ1v) is 12.9. The van der Waals surface area contributed by atoms with Gasteiger partial charge in [0.05, 0.1) is 25.3 Å². The van der Waals surface area contributed by atoms with Gasteiger partial charge < -0.3 is 19.5 Å². The molecule has 0 spiro atoms. The van der Waals surface area contributed by atoms with E-state index in [1.54, 1.807) is 21.9 Å². The molecule has 8 heteroatoms. The quantitative estimate of drug-likeness (QED) is 0.386. The Morgan fingerprint density at radius 2 is 1.76 bits per heavy atom. The van der Waals surface area contributed by atoms with Crippen LogP contribution in [0.2, 0.25) is 5.02 Å². The number of nitrogens with zero attached hydrogens (tertiary/aromatic N) is 2. The fraction of sp³-hybridized carbons (Fsp3) is 0.233. The average Bonchev–Trinajstić information content (AvgIpc) is 3.32. The number of benzene rings is 3. The number of carbonyl (C=O) groups is 3. The van der Waals surface area contributed by atoms with Gasteiger partial charge in [0, 0.05) is 34.6 Å². The summed E-state index contributed by atoms with van der Waals surface area (Å²) in [4.78, 5) is 46.5. The summed E-state index contributed by atoms with van der Waals surface area (Å²) in [5, 5.41) is 1.72. The number of ether oxygens (including phenoxy) is 1. The summed E-state index contributed by atoms with van der Waals surface area (Å²) in [5.74, 6) is -0.576. The van der Waals surface area contributed by atoms with Gasteiger partial charge in [-0.25, -0.2) is 4.79 Å². The molecule has 6 rings (SSSR count). The summed E-state index contributed by atoms with van der Waals surface area (Å²) in [6.07, 6.45) is 1.08. The van der Waals surface area contributed by atoms with Gasteiger partial charge in [0.15, 0.2) is 0 Å². The normalized spacial score (nSPS) is 18.9. The van der Waals surface area contributed by atoms with E-state index in [-0.39, 0.29) is 18.4 Å². The van der Waals surface area contributed by atoms with Crippen molar-refractivity contribution in [3.05, 3.63) is 106 Å². The molecule has 2 aliphatic heterocycles. The smallest absolute Gasteiger partial charge is 0.337 e. The number of aromatic nitrogens is 1. The number of H-pyrrole nitrogens is 1. The van der Waals surface area contributed by atoms with Crippen molar-refractivity contribution in [3.8, 4) is 0 Å². The molecule has 7 nitrogen and oxygen atoms in total. The van der Waals surface area contributed by atoms with Crippen LogP contribution in [0.3, 0.4) is 0 Å². The molecule has 38 heavy (non-hydrogen) atoms. The third-order valence-electron chi connectivity index (χ3n) is 7.57. The molecule has 1 N–H and O–H groups in total. The third kappa shape index (κ3) is 4.13. The minimum Gasteiger partial charge on any atom is -0.465 e. The number of hydrogen-bond donors (Lipinski definition) is 1. The Morgan fingerprint density at radius 3 is 2.50 bits per heavy atom. The van der Waals surface area contributed by atoms with Crippen molar-refractivity contribution in [3.63, 3.8) is 0 Å². The molecule has 2 amide bonds. The standard InChI is InChI=1S/C30H26ClN3O4/c1-38-30(37)20-10-8-19(9-11-20)28-27-23(22-4-2-3-5-24(22)32-27)16-25-29(36)33(17-26(35)34(25)28)15-14-18-6-12-21(31)13-7-18/h2-13,25,28,32H,14-17H2,1H3/t25-,28-/m0/s1. The zero-order chi connectivity index (χ0) is 26.4. The van der Waals surface area contributed by atoms with E-state index >= 15 is 0 Å². The highest BCUT2D eigenvalue weighted by Gasteiger charge is 2.48. The number of para-hydroxylation sites is 1. The highest BCUT2D eigenvalue weighted by Crippen LogP contribution is 2.42. The van der Waals surface area contributed by atoms with Crippen molar-refractivity contribution in [1.82, 2.24) is 14.8 Å². The van der Waals surface area contributed by atoms with Crippen LogP contribution in [0.5, 0.6) is 0 Å². The number of nitrogens with one attached hydrogen (secondary N) is 1. The summed E-state index contributed by atoms with van der Waals surface area (Å²) in [6, 6.07) is 21.5. The monoisotopic (exact) mass is 527 g/mol. The molecule has 1 aromatic heterocycles. The molecule has 1 fully saturated rings. The molecule has 0 unspecified atom stereocenters. The zero-order valence-corrected chi connectivity index (χ0v) is 21.6. The Bertz CT molecular complexity index is 1540. The SMILES string of the molecule is COC(=O)c1ccc([C@H]2c3[nH]c4ccccc4c3C[C@H]3C(=O)N(CCc4ccc(Cl)cc4)CC(=O)N23)cc1.